The maximum absolute atomic E-state index is 13.9. The number of hydrogen-bond donors (Lipinski definition) is 3. The van der Waals surface area contributed by atoms with Gasteiger partial charge in [-0.2, -0.15) is 0 Å². The van der Waals surface area contributed by atoms with Gasteiger partial charge in [-0.05, 0) is 86.7 Å². The third-order valence-electron chi connectivity index (χ3n) is 8.39. The lowest BCUT2D eigenvalue weighted by molar-refractivity contribution is -0.133. The summed E-state index contributed by atoms with van der Waals surface area (Å²) < 4.78 is 3.13. The molecule has 0 radical (unpaired) electrons. The first-order valence-electron chi connectivity index (χ1n) is 14.6. The van der Waals surface area contributed by atoms with Crippen LogP contribution in [0.3, 0.4) is 0 Å². The van der Waals surface area contributed by atoms with E-state index in [1.165, 1.54) is 0 Å². The molecule has 4 aromatic rings. The number of nitrogens with one attached hydrogen (secondary N) is 2. The van der Waals surface area contributed by atoms with Crippen molar-refractivity contribution in [1.29, 1.82) is 0 Å². The lowest BCUT2D eigenvalue weighted by Crippen LogP contribution is -2.57. The second-order valence-electron chi connectivity index (χ2n) is 11.1. The van der Waals surface area contributed by atoms with E-state index < -0.39 is 6.04 Å². The molecular formula is C30H33Br2N9O3. The molecule has 0 aliphatic carbocycles. The van der Waals surface area contributed by atoms with Crippen LogP contribution in [0.25, 0.3) is 11.2 Å². The Morgan fingerprint density at radius 3 is 2.34 bits per heavy atom. The highest BCUT2D eigenvalue weighted by molar-refractivity contribution is 9.11. The fourth-order valence-corrected chi connectivity index (χ4v) is 7.30. The largest absolute Gasteiger partial charge is 0.397 e. The quantitative estimate of drug-likeness (QED) is 0.258. The van der Waals surface area contributed by atoms with Crippen molar-refractivity contribution in [3.8, 4) is 0 Å². The summed E-state index contributed by atoms with van der Waals surface area (Å²) in [4.78, 5) is 57.3. The number of urea groups is 1. The molecule has 3 aromatic heterocycles. The number of pyridine rings is 2. The standard InChI is InChI=1S/C30H33Br2N9O3/c31-22-16-19(17-23(32)26(22)33)18-25(28(42)39-14-12-38(13-15-39)20-3-8-34-9-4-20)37-29(43)40-10-5-21(6-11-40)41-27-24(36-30(41)44)2-1-7-35-27/h1-4,7-9,16-17,21,25H,5-6,10-15,18,33H2,(H,36,44)(H,37,43)/t25-/m1/s1. The molecule has 0 bridgehead atoms. The Balaban J connectivity index is 1.14. The molecule has 3 amide bonds. The molecule has 2 aliphatic rings. The van der Waals surface area contributed by atoms with E-state index in [1.54, 1.807) is 34.1 Å². The first-order chi connectivity index (χ1) is 21.3. The second-order valence-corrected chi connectivity index (χ2v) is 12.8. The van der Waals surface area contributed by atoms with Gasteiger partial charge in [0.2, 0.25) is 5.91 Å². The van der Waals surface area contributed by atoms with E-state index in [-0.39, 0.29) is 23.7 Å². The van der Waals surface area contributed by atoms with Crippen LogP contribution in [0, 0.1) is 0 Å². The molecule has 5 heterocycles. The first kappa shape index (κ1) is 30.1. The normalized spacial score (nSPS) is 16.7. The predicted octanol–water partition coefficient (Wildman–Crippen LogP) is 3.53. The van der Waals surface area contributed by atoms with Crippen molar-refractivity contribution >= 4 is 66.3 Å². The number of anilines is 2. The van der Waals surface area contributed by atoms with Crippen LogP contribution >= 0.6 is 31.9 Å². The van der Waals surface area contributed by atoms with E-state index in [2.05, 4.69) is 57.0 Å². The molecule has 1 aromatic carbocycles. The number of nitrogens with zero attached hydrogens (tertiary/aromatic N) is 6. The Kier molecular flexibility index (Phi) is 8.89. The molecule has 4 N–H and O–H groups in total. The highest BCUT2D eigenvalue weighted by Gasteiger charge is 2.32. The molecule has 14 heteroatoms. The number of carbonyl (C=O) groups is 2. The van der Waals surface area contributed by atoms with Gasteiger partial charge in [0.05, 0.1) is 11.2 Å². The molecule has 44 heavy (non-hydrogen) atoms. The summed E-state index contributed by atoms with van der Waals surface area (Å²) in [5.74, 6) is -0.122. The van der Waals surface area contributed by atoms with E-state index >= 15 is 0 Å². The van der Waals surface area contributed by atoms with Gasteiger partial charge in [0, 0.05) is 85.0 Å². The maximum atomic E-state index is 13.9. The number of nitrogen functional groups attached to an aromatic ring is 1. The van der Waals surface area contributed by atoms with E-state index in [9.17, 15) is 14.4 Å². The number of amides is 3. The summed E-state index contributed by atoms with van der Waals surface area (Å²) in [7, 11) is 0. The van der Waals surface area contributed by atoms with Gasteiger partial charge in [0.25, 0.3) is 0 Å². The number of aromatic amines is 1. The van der Waals surface area contributed by atoms with Crippen molar-refractivity contribution in [2.75, 3.05) is 49.9 Å². The average molecular weight is 727 g/mol. The first-order valence-corrected chi connectivity index (χ1v) is 16.1. The Labute approximate surface area is 270 Å². The lowest BCUT2D eigenvalue weighted by atomic mass is 10.0. The van der Waals surface area contributed by atoms with Gasteiger partial charge >= 0.3 is 11.7 Å². The Hall–Kier alpha value is -3.91. The van der Waals surface area contributed by atoms with Crippen LogP contribution in [0.15, 0.2) is 68.7 Å². The highest BCUT2D eigenvalue weighted by atomic mass is 79.9. The highest BCUT2D eigenvalue weighted by Crippen LogP contribution is 2.30. The number of nitrogens with two attached hydrogens (primary N) is 1. The van der Waals surface area contributed by atoms with Crippen molar-refractivity contribution in [3.63, 3.8) is 0 Å². The van der Waals surface area contributed by atoms with Crippen LogP contribution in [0.1, 0.15) is 24.4 Å². The van der Waals surface area contributed by atoms with Crippen molar-refractivity contribution in [3.05, 3.63) is 80.0 Å². The van der Waals surface area contributed by atoms with Gasteiger partial charge in [-0.25, -0.2) is 14.6 Å². The van der Waals surface area contributed by atoms with Gasteiger partial charge in [-0.3, -0.25) is 14.3 Å². The number of benzene rings is 1. The minimum Gasteiger partial charge on any atom is -0.397 e. The topological polar surface area (TPSA) is 145 Å². The third-order valence-corrected chi connectivity index (χ3v) is 9.70. The summed E-state index contributed by atoms with van der Waals surface area (Å²) in [6.45, 7) is 3.36. The zero-order valence-corrected chi connectivity index (χ0v) is 27.1. The van der Waals surface area contributed by atoms with Crippen LogP contribution in [0.4, 0.5) is 16.2 Å². The van der Waals surface area contributed by atoms with Gasteiger partial charge in [0.1, 0.15) is 6.04 Å². The van der Waals surface area contributed by atoms with Crippen molar-refractivity contribution < 1.29 is 9.59 Å². The monoisotopic (exact) mass is 725 g/mol. The minimum absolute atomic E-state index is 0.0752. The SMILES string of the molecule is Nc1c(Br)cc(C[C@@H](NC(=O)N2CCC(n3c(=O)[nH]c4cccnc43)CC2)C(=O)N2CCN(c3ccncc3)CC2)cc1Br. The number of halogens is 2. The molecule has 2 aliphatic heterocycles. The van der Waals surface area contributed by atoms with Crippen LogP contribution in [0.5, 0.6) is 0 Å². The van der Waals surface area contributed by atoms with Crippen LogP contribution in [-0.4, -0.2) is 86.6 Å². The van der Waals surface area contributed by atoms with Crippen LogP contribution in [0.2, 0.25) is 0 Å². The average Bonchev–Trinajstić information content (AvgIpc) is 3.39. The van der Waals surface area contributed by atoms with E-state index in [0.717, 1.165) is 20.2 Å². The number of piperazine rings is 1. The smallest absolute Gasteiger partial charge is 0.327 e. The van der Waals surface area contributed by atoms with E-state index in [4.69, 9.17) is 5.73 Å². The number of carbonyl (C=O) groups excluding carboxylic acids is 2. The molecule has 1 atom stereocenters. The summed E-state index contributed by atoms with van der Waals surface area (Å²) in [5.41, 5.74) is 9.72. The Morgan fingerprint density at radius 2 is 1.66 bits per heavy atom. The third kappa shape index (κ3) is 6.32. The zero-order valence-electron chi connectivity index (χ0n) is 24.0. The number of fused-ring (bicyclic) bond motifs is 1. The number of rotatable bonds is 6. The summed E-state index contributed by atoms with van der Waals surface area (Å²) in [6.07, 6.45) is 6.70. The fraction of sp³-hybridized carbons (Fsp3) is 0.367. The molecule has 2 fully saturated rings. The number of imidazole rings is 1. The number of hydrogen-bond acceptors (Lipinski definition) is 7. The van der Waals surface area contributed by atoms with Crippen molar-refractivity contribution in [1.82, 2.24) is 34.6 Å². The van der Waals surface area contributed by atoms with Crippen LogP contribution in [-0.2, 0) is 11.2 Å². The van der Waals surface area contributed by atoms with Crippen molar-refractivity contribution in [2.24, 2.45) is 0 Å². The molecule has 0 spiro atoms. The number of likely N-dealkylation sites (tertiary alicyclic amines) is 1. The molecule has 0 unspecified atom stereocenters. The van der Waals surface area contributed by atoms with Gasteiger partial charge in [0.15, 0.2) is 5.65 Å². The molecule has 2 saturated heterocycles. The zero-order chi connectivity index (χ0) is 30.8. The maximum Gasteiger partial charge on any atom is 0.327 e. The van der Waals surface area contributed by atoms with Crippen LogP contribution < -0.4 is 21.6 Å². The Morgan fingerprint density at radius 1 is 0.977 bits per heavy atom. The lowest BCUT2D eigenvalue weighted by Gasteiger charge is -2.38. The number of H-pyrrole nitrogens is 1. The van der Waals surface area contributed by atoms with Crippen molar-refractivity contribution in [2.45, 2.75) is 31.3 Å². The molecular weight excluding hydrogens is 694 g/mol. The summed E-state index contributed by atoms with van der Waals surface area (Å²) in [5, 5.41) is 3.04. The Bertz CT molecular complexity index is 1690. The minimum atomic E-state index is -0.768. The van der Waals surface area contributed by atoms with E-state index in [0.29, 0.717) is 75.4 Å². The number of aromatic nitrogens is 4. The van der Waals surface area contributed by atoms with Gasteiger partial charge in [-0.15, -0.1) is 0 Å². The van der Waals surface area contributed by atoms with Gasteiger partial charge in [-0.1, -0.05) is 0 Å². The number of piperidine rings is 1. The summed E-state index contributed by atoms with van der Waals surface area (Å²) in [6, 6.07) is 10.2. The second kappa shape index (κ2) is 13.0. The molecule has 230 valence electrons. The molecule has 0 saturated carbocycles. The molecule has 12 nitrogen and oxygen atoms in total. The molecule has 6 rings (SSSR count). The van der Waals surface area contributed by atoms with E-state index in [1.807, 2.05) is 35.2 Å². The predicted molar refractivity (Wildman–Crippen MR) is 176 cm³/mol. The summed E-state index contributed by atoms with van der Waals surface area (Å²) >= 11 is 7.00. The van der Waals surface area contributed by atoms with Gasteiger partial charge < -0.3 is 30.7 Å². The fourth-order valence-electron chi connectivity index (χ4n) is 6.02.